The quantitative estimate of drug-likeness (QED) is 0.448. The molecule has 1 aromatic carbocycles. The van der Waals surface area contributed by atoms with Gasteiger partial charge in [-0.05, 0) is 30.0 Å². The van der Waals surface area contributed by atoms with Crippen LogP contribution < -0.4 is 4.74 Å². The van der Waals surface area contributed by atoms with Crippen LogP contribution in [0.15, 0.2) is 23.2 Å². The molecule has 0 radical (unpaired) electrons. The maximum atomic E-state index is 13.6. The molecule has 17 heavy (non-hydrogen) atoms. The Bertz CT molecular complexity index is 425. The fraction of sp³-hybridized carbons (Fsp3) is 0.462. The van der Waals surface area contributed by atoms with E-state index in [2.05, 4.69) is 18.8 Å². The van der Waals surface area contributed by atoms with Gasteiger partial charge < -0.3 is 4.74 Å². The van der Waals surface area contributed by atoms with E-state index in [1.54, 1.807) is 12.1 Å². The molecule has 0 heterocycles. The number of halogens is 1. The Balaban J connectivity index is 3.09. The molecule has 0 amide bonds. The maximum absolute atomic E-state index is 13.6. The molecule has 4 heteroatoms. The van der Waals surface area contributed by atoms with Crippen molar-refractivity contribution in [1.29, 1.82) is 0 Å². The number of methoxy groups -OCH3 is 1. The summed E-state index contributed by atoms with van der Waals surface area (Å²) in [6, 6.07) is 5.27. The summed E-state index contributed by atoms with van der Waals surface area (Å²) in [4.78, 5) is 13.1. The van der Waals surface area contributed by atoms with E-state index in [1.165, 1.54) is 13.2 Å². The molecular formula is C13H16FNO2. The number of nitrogens with zero attached hydrogens (tertiary/aromatic N) is 1. The van der Waals surface area contributed by atoms with Crippen LogP contribution >= 0.6 is 0 Å². The molecule has 0 spiro atoms. The number of isocyanates is 1. The number of aliphatic imine (C=N–C) groups is 1. The first-order valence-corrected chi connectivity index (χ1v) is 5.46. The van der Waals surface area contributed by atoms with Gasteiger partial charge in [0.25, 0.3) is 0 Å². The van der Waals surface area contributed by atoms with E-state index in [-0.39, 0.29) is 5.56 Å². The van der Waals surface area contributed by atoms with Crippen molar-refractivity contribution in [3.05, 3.63) is 29.3 Å². The molecule has 1 rings (SSSR count). The Morgan fingerprint density at radius 2 is 2.18 bits per heavy atom. The molecule has 0 fully saturated rings. The lowest BCUT2D eigenvalue weighted by molar-refractivity contribution is 0.333. The van der Waals surface area contributed by atoms with Crippen molar-refractivity contribution in [1.82, 2.24) is 0 Å². The van der Waals surface area contributed by atoms with Crippen molar-refractivity contribution in [3.8, 4) is 5.75 Å². The van der Waals surface area contributed by atoms with Crippen LogP contribution in [-0.4, -0.2) is 13.2 Å². The molecule has 1 atom stereocenters. The van der Waals surface area contributed by atoms with Gasteiger partial charge in [-0.3, -0.25) is 0 Å². The van der Waals surface area contributed by atoms with Crippen LogP contribution in [0.5, 0.6) is 5.75 Å². The highest BCUT2D eigenvalue weighted by Crippen LogP contribution is 2.30. The molecule has 1 unspecified atom stereocenters. The first kappa shape index (κ1) is 13.4. The molecule has 0 bridgehead atoms. The van der Waals surface area contributed by atoms with Crippen LogP contribution in [0.3, 0.4) is 0 Å². The Kier molecular flexibility index (Phi) is 4.85. The van der Waals surface area contributed by atoms with Gasteiger partial charge in [-0.15, -0.1) is 0 Å². The molecule has 0 saturated carbocycles. The van der Waals surface area contributed by atoms with Crippen LogP contribution in [0.1, 0.15) is 31.3 Å². The van der Waals surface area contributed by atoms with Gasteiger partial charge in [0, 0.05) is 0 Å². The van der Waals surface area contributed by atoms with Gasteiger partial charge in [-0.2, -0.15) is 4.99 Å². The largest absolute Gasteiger partial charge is 0.496 e. The first-order chi connectivity index (χ1) is 8.08. The van der Waals surface area contributed by atoms with Gasteiger partial charge in [0.15, 0.2) is 0 Å². The highest BCUT2D eigenvalue weighted by Gasteiger charge is 2.15. The number of alkyl halides is 1. The van der Waals surface area contributed by atoms with Crippen LogP contribution in [0.4, 0.5) is 4.39 Å². The van der Waals surface area contributed by atoms with Gasteiger partial charge in [0.05, 0.1) is 12.7 Å². The van der Waals surface area contributed by atoms with E-state index in [9.17, 15) is 9.18 Å². The standard InChI is InChI=1S/C13H16FNO2/c1-9(2)6-10-4-5-12(17-3)11(7-10)13(14)15-8-16/h4-5,7,9,13H,6H2,1-3H3. The van der Waals surface area contributed by atoms with E-state index >= 15 is 0 Å². The molecule has 0 saturated heterocycles. The fourth-order valence-corrected chi connectivity index (χ4v) is 1.68. The molecule has 3 nitrogen and oxygen atoms in total. The summed E-state index contributed by atoms with van der Waals surface area (Å²) in [5.74, 6) is 0.868. The van der Waals surface area contributed by atoms with Crippen molar-refractivity contribution in [2.75, 3.05) is 7.11 Å². The minimum atomic E-state index is -1.71. The number of carbonyl (C=O) groups excluding carboxylic acids is 1. The van der Waals surface area contributed by atoms with E-state index in [4.69, 9.17) is 4.74 Å². The van der Waals surface area contributed by atoms with E-state index < -0.39 is 6.30 Å². The lowest BCUT2D eigenvalue weighted by Crippen LogP contribution is -1.99. The fourth-order valence-electron chi connectivity index (χ4n) is 1.68. The second-order valence-electron chi connectivity index (χ2n) is 4.23. The molecule has 1 aromatic rings. The second kappa shape index (κ2) is 6.16. The average molecular weight is 237 g/mol. The van der Waals surface area contributed by atoms with Gasteiger partial charge in [-0.1, -0.05) is 19.9 Å². The van der Waals surface area contributed by atoms with Crippen LogP contribution in [0.2, 0.25) is 0 Å². The minimum Gasteiger partial charge on any atom is -0.496 e. The molecule has 0 aromatic heterocycles. The maximum Gasteiger partial charge on any atom is 0.238 e. The normalized spacial score (nSPS) is 12.1. The van der Waals surface area contributed by atoms with Gasteiger partial charge in [0.1, 0.15) is 5.75 Å². The summed E-state index contributed by atoms with van der Waals surface area (Å²) in [6.45, 7) is 4.17. The molecule has 0 aliphatic carbocycles. The topological polar surface area (TPSA) is 38.7 Å². The molecule has 0 N–H and O–H groups in total. The lowest BCUT2D eigenvalue weighted by Gasteiger charge is -2.12. The summed E-state index contributed by atoms with van der Waals surface area (Å²) in [5, 5.41) is 0. The van der Waals surface area contributed by atoms with Crippen molar-refractivity contribution >= 4 is 6.08 Å². The summed E-state index contributed by atoms with van der Waals surface area (Å²) in [7, 11) is 1.46. The molecular weight excluding hydrogens is 221 g/mol. The predicted octanol–water partition coefficient (Wildman–Crippen LogP) is 3.20. The smallest absolute Gasteiger partial charge is 0.238 e. The number of hydrogen-bond donors (Lipinski definition) is 0. The van der Waals surface area contributed by atoms with Crippen LogP contribution in [-0.2, 0) is 11.2 Å². The molecule has 0 aliphatic heterocycles. The zero-order valence-corrected chi connectivity index (χ0v) is 10.2. The lowest BCUT2D eigenvalue weighted by atomic mass is 10.0. The van der Waals surface area contributed by atoms with Crippen molar-refractivity contribution in [2.24, 2.45) is 10.9 Å². The summed E-state index contributed by atoms with van der Waals surface area (Å²) < 4.78 is 18.6. The zero-order chi connectivity index (χ0) is 12.8. The van der Waals surface area contributed by atoms with Crippen molar-refractivity contribution in [3.63, 3.8) is 0 Å². The number of hydrogen-bond acceptors (Lipinski definition) is 3. The van der Waals surface area contributed by atoms with Crippen molar-refractivity contribution in [2.45, 2.75) is 26.6 Å². The van der Waals surface area contributed by atoms with Gasteiger partial charge in [0.2, 0.25) is 12.4 Å². The van der Waals surface area contributed by atoms with Crippen LogP contribution in [0.25, 0.3) is 0 Å². The monoisotopic (exact) mass is 237 g/mol. The van der Waals surface area contributed by atoms with Crippen molar-refractivity contribution < 1.29 is 13.9 Å². The van der Waals surface area contributed by atoms with Crippen LogP contribution in [0, 0.1) is 5.92 Å². The molecule has 92 valence electrons. The Labute approximate surface area is 100 Å². The predicted molar refractivity (Wildman–Crippen MR) is 63.5 cm³/mol. The summed E-state index contributed by atoms with van der Waals surface area (Å²) in [5.41, 5.74) is 1.27. The van der Waals surface area contributed by atoms with E-state index in [1.807, 2.05) is 6.07 Å². The summed E-state index contributed by atoms with van der Waals surface area (Å²) >= 11 is 0. The second-order valence-corrected chi connectivity index (χ2v) is 4.23. The third kappa shape index (κ3) is 3.68. The van der Waals surface area contributed by atoms with E-state index in [0.29, 0.717) is 11.7 Å². The van der Waals surface area contributed by atoms with E-state index in [0.717, 1.165) is 12.0 Å². The average Bonchev–Trinajstić information content (AvgIpc) is 2.28. The first-order valence-electron chi connectivity index (χ1n) is 5.46. The Morgan fingerprint density at radius 3 is 2.71 bits per heavy atom. The molecule has 0 aliphatic rings. The minimum absolute atomic E-state index is 0.272. The highest BCUT2D eigenvalue weighted by molar-refractivity contribution is 5.41. The number of rotatable bonds is 5. The SMILES string of the molecule is COc1ccc(CC(C)C)cc1C(F)N=C=O. The highest BCUT2D eigenvalue weighted by atomic mass is 19.1. The third-order valence-electron chi connectivity index (χ3n) is 2.36. The third-order valence-corrected chi connectivity index (χ3v) is 2.36. The number of ether oxygens (including phenoxy) is 1. The van der Waals surface area contributed by atoms with Gasteiger partial charge in [-0.25, -0.2) is 9.18 Å². The summed E-state index contributed by atoms with van der Waals surface area (Å²) in [6.07, 6.45) is 0.350. The zero-order valence-electron chi connectivity index (χ0n) is 10.2. The Morgan fingerprint density at radius 1 is 1.47 bits per heavy atom. The number of benzene rings is 1. The van der Waals surface area contributed by atoms with Gasteiger partial charge >= 0.3 is 0 Å². The Hall–Kier alpha value is -1.67.